The number of thioether (sulfide) groups is 1. The highest BCUT2D eigenvalue weighted by Gasteiger charge is 2.14. The molecule has 0 saturated heterocycles. The Hall–Kier alpha value is -1.97. The van der Waals surface area contributed by atoms with Crippen LogP contribution in [0.4, 0.5) is 0 Å². The van der Waals surface area contributed by atoms with Gasteiger partial charge in [-0.05, 0) is 30.9 Å². The van der Waals surface area contributed by atoms with Gasteiger partial charge in [0.2, 0.25) is 0 Å². The monoisotopic (exact) mass is 349 g/mol. The summed E-state index contributed by atoms with van der Waals surface area (Å²) in [5.41, 5.74) is 0.443. The van der Waals surface area contributed by atoms with Crippen molar-refractivity contribution in [2.75, 3.05) is 12.9 Å². The van der Waals surface area contributed by atoms with Gasteiger partial charge >= 0.3 is 0 Å². The molecule has 0 aliphatic rings. The Bertz CT molecular complexity index is 799. The first-order chi connectivity index (χ1) is 11.1. The van der Waals surface area contributed by atoms with Crippen LogP contribution in [0, 0.1) is 11.3 Å². The molecule has 0 atom stereocenters. The summed E-state index contributed by atoms with van der Waals surface area (Å²) in [6, 6.07) is 7.04. The van der Waals surface area contributed by atoms with Crippen LogP contribution in [0.25, 0.3) is 11.3 Å². The molecule has 5 nitrogen and oxygen atoms in total. The first kappa shape index (κ1) is 17.4. The second-order valence-corrected chi connectivity index (χ2v) is 5.96. The largest absolute Gasteiger partial charge is 0.492 e. The number of aromatic amines is 1. The number of nitriles is 1. The Balaban J connectivity index is 2.43. The highest BCUT2D eigenvalue weighted by atomic mass is 35.5. The predicted octanol–water partition coefficient (Wildman–Crippen LogP) is 3.86. The molecule has 0 aliphatic heterocycles. The number of ether oxygens (including phenoxy) is 1. The summed E-state index contributed by atoms with van der Waals surface area (Å²) < 4.78 is 5.60. The lowest BCUT2D eigenvalue weighted by Crippen LogP contribution is -2.14. The maximum atomic E-state index is 12.0. The van der Waals surface area contributed by atoms with Crippen LogP contribution in [0.3, 0.4) is 0 Å². The van der Waals surface area contributed by atoms with Crippen molar-refractivity contribution in [2.45, 2.75) is 24.9 Å². The SMILES string of the molecule is CCCCOc1ccc(-c2nc(SC)[nH]c(=O)c2C#N)cc1Cl. The first-order valence-electron chi connectivity index (χ1n) is 7.11. The van der Waals surface area contributed by atoms with E-state index in [1.54, 1.807) is 24.5 Å². The van der Waals surface area contributed by atoms with Crippen LogP contribution >= 0.6 is 23.4 Å². The third-order valence-corrected chi connectivity index (χ3v) is 4.04. The second-order valence-electron chi connectivity index (χ2n) is 4.76. The number of unbranched alkanes of at least 4 members (excludes halogenated alkanes) is 1. The van der Waals surface area contributed by atoms with Gasteiger partial charge in [-0.3, -0.25) is 4.79 Å². The molecule has 0 spiro atoms. The van der Waals surface area contributed by atoms with Crippen molar-refractivity contribution in [3.8, 4) is 23.1 Å². The lowest BCUT2D eigenvalue weighted by Gasteiger charge is -2.10. The minimum Gasteiger partial charge on any atom is -0.492 e. The minimum absolute atomic E-state index is 0.0291. The van der Waals surface area contributed by atoms with E-state index in [0.29, 0.717) is 33.8 Å². The van der Waals surface area contributed by atoms with Crippen molar-refractivity contribution in [3.05, 3.63) is 39.1 Å². The Morgan fingerprint density at radius 3 is 2.87 bits per heavy atom. The van der Waals surface area contributed by atoms with E-state index in [1.807, 2.05) is 6.07 Å². The zero-order chi connectivity index (χ0) is 16.8. The Labute approximate surface area is 143 Å². The van der Waals surface area contributed by atoms with Crippen LogP contribution in [-0.4, -0.2) is 22.8 Å². The third kappa shape index (κ3) is 4.06. The molecule has 120 valence electrons. The van der Waals surface area contributed by atoms with Crippen LogP contribution in [0.5, 0.6) is 5.75 Å². The number of nitrogens with one attached hydrogen (secondary N) is 1. The van der Waals surface area contributed by atoms with E-state index >= 15 is 0 Å². The van der Waals surface area contributed by atoms with Crippen LogP contribution in [0.1, 0.15) is 25.3 Å². The topological polar surface area (TPSA) is 78.8 Å². The number of benzene rings is 1. The summed E-state index contributed by atoms with van der Waals surface area (Å²) >= 11 is 7.54. The van der Waals surface area contributed by atoms with Gasteiger partial charge in [-0.15, -0.1) is 0 Å². The molecule has 1 aromatic carbocycles. The molecule has 7 heteroatoms. The van der Waals surface area contributed by atoms with Crippen LogP contribution in [0.2, 0.25) is 5.02 Å². The number of halogens is 1. The summed E-state index contributed by atoms with van der Waals surface area (Å²) in [4.78, 5) is 18.8. The fourth-order valence-electron chi connectivity index (χ4n) is 1.95. The fourth-order valence-corrected chi connectivity index (χ4v) is 2.57. The van der Waals surface area contributed by atoms with Gasteiger partial charge in [0.1, 0.15) is 17.4 Å². The molecule has 1 N–H and O–H groups in total. The molecule has 0 radical (unpaired) electrons. The highest BCUT2D eigenvalue weighted by molar-refractivity contribution is 7.98. The molecule has 0 fully saturated rings. The van der Waals surface area contributed by atoms with Gasteiger partial charge in [-0.1, -0.05) is 36.7 Å². The molecule has 2 rings (SSSR count). The van der Waals surface area contributed by atoms with Crippen LogP contribution in [0.15, 0.2) is 28.2 Å². The number of rotatable bonds is 6. The van der Waals surface area contributed by atoms with Crippen molar-refractivity contribution in [2.24, 2.45) is 0 Å². The van der Waals surface area contributed by atoms with Gasteiger partial charge in [-0.2, -0.15) is 5.26 Å². The first-order valence-corrected chi connectivity index (χ1v) is 8.72. The molecular weight excluding hydrogens is 334 g/mol. The quantitative estimate of drug-likeness (QED) is 0.486. The Morgan fingerprint density at radius 2 is 2.26 bits per heavy atom. The van der Waals surface area contributed by atoms with Crippen molar-refractivity contribution in [3.63, 3.8) is 0 Å². The molecule has 2 aromatic rings. The molecule has 0 saturated carbocycles. The van der Waals surface area contributed by atoms with E-state index < -0.39 is 5.56 Å². The zero-order valence-corrected chi connectivity index (χ0v) is 14.4. The average Bonchev–Trinajstić information content (AvgIpc) is 2.55. The molecule has 1 heterocycles. The van der Waals surface area contributed by atoms with Crippen molar-refractivity contribution < 1.29 is 4.74 Å². The predicted molar refractivity (Wildman–Crippen MR) is 92.2 cm³/mol. The fraction of sp³-hybridized carbons (Fsp3) is 0.312. The smallest absolute Gasteiger partial charge is 0.270 e. The summed E-state index contributed by atoms with van der Waals surface area (Å²) in [5.74, 6) is 0.581. The molecular formula is C16H16ClN3O2S. The number of aromatic nitrogens is 2. The number of H-pyrrole nitrogens is 1. The highest BCUT2D eigenvalue weighted by Crippen LogP contribution is 2.31. The van der Waals surface area contributed by atoms with Crippen molar-refractivity contribution in [1.29, 1.82) is 5.26 Å². The standard InChI is InChI=1S/C16H16ClN3O2S/c1-3-4-7-22-13-6-5-10(8-12(13)17)14-11(9-18)15(21)20-16(19-14)23-2/h5-6,8H,3-4,7H2,1-2H3,(H,19,20,21). The van der Waals surface area contributed by atoms with Crippen LogP contribution < -0.4 is 10.3 Å². The van der Waals surface area contributed by atoms with Gasteiger partial charge in [0, 0.05) is 5.56 Å². The van der Waals surface area contributed by atoms with Crippen molar-refractivity contribution >= 4 is 23.4 Å². The van der Waals surface area contributed by atoms with E-state index in [4.69, 9.17) is 16.3 Å². The Kier molecular flexibility index (Phi) is 6.08. The number of hydrogen-bond acceptors (Lipinski definition) is 5. The summed E-state index contributed by atoms with van der Waals surface area (Å²) in [7, 11) is 0. The average molecular weight is 350 g/mol. The molecule has 0 amide bonds. The van der Waals surface area contributed by atoms with Gasteiger partial charge in [-0.25, -0.2) is 4.98 Å². The second kappa shape index (κ2) is 8.04. The van der Waals surface area contributed by atoms with E-state index in [-0.39, 0.29) is 5.56 Å². The van der Waals surface area contributed by atoms with Gasteiger partial charge in [0.05, 0.1) is 17.3 Å². The summed E-state index contributed by atoms with van der Waals surface area (Å²) in [6.45, 7) is 2.68. The van der Waals surface area contributed by atoms with Crippen LogP contribution in [-0.2, 0) is 0 Å². The van der Waals surface area contributed by atoms with E-state index in [0.717, 1.165) is 12.8 Å². The van der Waals surface area contributed by atoms with Gasteiger partial charge < -0.3 is 9.72 Å². The lowest BCUT2D eigenvalue weighted by atomic mass is 10.1. The summed E-state index contributed by atoms with van der Waals surface area (Å²) in [5, 5.41) is 10.1. The summed E-state index contributed by atoms with van der Waals surface area (Å²) in [6.07, 6.45) is 3.78. The van der Waals surface area contributed by atoms with E-state index in [1.165, 1.54) is 11.8 Å². The molecule has 0 bridgehead atoms. The molecule has 0 aliphatic carbocycles. The van der Waals surface area contributed by atoms with E-state index in [2.05, 4.69) is 16.9 Å². The van der Waals surface area contributed by atoms with Gasteiger partial charge in [0.25, 0.3) is 5.56 Å². The molecule has 0 unspecified atom stereocenters. The maximum absolute atomic E-state index is 12.0. The lowest BCUT2D eigenvalue weighted by molar-refractivity contribution is 0.309. The Morgan fingerprint density at radius 1 is 1.48 bits per heavy atom. The molecule has 23 heavy (non-hydrogen) atoms. The minimum atomic E-state index is -0.457. The number of hydrogen-bond donors (Lipinski definition) is 1. The molecule has 1 aromatic heterocycles. The number of nitrogens with zero attached hydrogens (tertiary/aromatic N) is 2. The van der Waals surface area contributed by atoms with Gasteiger partial charge in [0.15, 0.2) is 5.16 Å². The zero-order valence-electron chi connectivity index (χ0n) is 12.9. The van der Waals surface area contributed by atoms with Crippen molar-refractivity contribution in [1.82, 2.24) is 9.97 Å². The third-order valence-electron chi connectivity index (χ3n) is 3.16. The maximum Gasteiger partial charge on any atom is 0.270 e. The normalized spacial score (nSPS) is 10.3. The van der Waals surface area contributed by atoms with E-state index in [9.17, 15) is 10.1 Å².